The molecule has 2 saturated carbocycles. The molecule has 2 aliphatic carbocycles. The molecule has 4 heteroatoms. The van der Waals surface area contributed by atoms with Crippen molar-refractivity contribution >= 4 is 5.97 Å². The highest BCUT2D eigenvalue weighted by molar-refractivity contribution is 5.72. The predicted molar refractivity (Wildman–Crippen MR) is 62.6 cm³/mol. The number of hydrogen-bond donors (Lipinski definition) is 1. The van der Waals surface area contributed by atoms with Crippen molar-refractivity contribution in [3.8, 4) is 0 Å². The Balaban J connectivity index is 1.69. The van der Waals surface area contributed by atoms with Crippen LogP contribution in [0.4, 0.5) is 0 Å². The number of aliphatic hydroxyl groups is 1. The molecule has 2 heterocycles. The molecule has 4 nitrogen and oxygen atoms in total. The van der Waals surface area contributed by atoms with Gasteiger partial charge in [0.25, 0.3) is 0 Å². The zero-order chi connectivity index (χ0) is 12.7. The lowest BCUT2D eigenvalue weighted by Gasteiger charge is -2.38. The minimum atomic E-state index is -0.371. The van der Waals surface area contributed by atoms with E-state index >= 15 is 0 Å². The summed E-state index contributed by atoms with van der Waals surface area (Å²) in [7, 11) is 0. The van der Waals surface area contributed by atoms with E-state index in [0.717, 1.165) is 12.8 Å². The van der Waals surface area contributed by atoms with Crippen LogP contribution < -0.4 is 0 Å². The van der Waals surface area contributed by atoms with Crippen LogP contribution in [0.25, 0.3) is 0 Å². The van der Waals surface area contributed by atoms with Crippen LogP contribution in [0.1, 0.15) is 33.1 Å². The Bertz CT molecular complexity index is 409. The molecule has 4 rings (SSSR count). The molecule has 0 bridgehead atoms. The fourth-order valence-corrected chi connectivity index (χ4v) is 5.04. The van der Waals surface area contributed by atoms with Crippen LogP contribution in [0.2, 0.25) is 0 Å². The second-order valence-corrected chi connectivity index (χ2v) is 6.95. The van der Waals surface area contributed by atoms with Crippen molar-refractivity contribution < 1.29 is 19.4 Å². The average molecular weight is 252 g/mol. The van der Waals surface area contributed by atoms with E-state index in [9.17, 15) is 9.90 Å². The van der Waals surface area contributed by atoms with E-state index in [-0.39, 0.29) is 35.8 Å². The molecule has 0 radical (unpaired) electrons. The number of fused-ring (bicyclic) bond motifs is 4. The molecule has 4 fully saturated rings. The SMILES string of the molecule is C[C@@H]1C[C@@H]2OC(=O)C[C@H]2C[C@@]2(C)[C@H]1[C@H]1O[C@H]1[C@@H]2O. The van der Waals surface area contributed by atoms with E-state index in [2.05, 4.69) is 13.8 Å². The van der Waals surface area contributed by atoms with Crippen molar-refractivity contribution in [3.05, 3.63) is 0 Å². The summed E-state index contributed by atoms with van der Waals surface area (Å²) in [6.45, 7) is 4.40. The smallest absolute Gasteiger partial charge is 0.306 e. The number of ether oxygens (including phenoxy) is 2. The summed E-state index contributed by atoms with van der Waals surface area (Å²) in [5.41, 5.74) is -0.0968. The molecule has 4 aliphatic rings. The number of hydrogen-bond acceptors (Lipinski definition) is 4. The number of carbonyl (C=O) groups is 1. The summed E-state index contributed by atoms with van der Waals surface area (Å²) >= 11 is 0. The van der Waals surface area contributed by atoms with Crippen LogP contribution in [0.5, 0.6) is 0 Å². The van der Waals surface area contributed by atoms with E-state index in [1.54, 1.807) is 0 Å². The summed E-state index contributed by atoms with van der Waals surface area (Å²) in [5.74, 6) is 1.10. The van der Waals surface area contributed by atoms with Gasteiger partial charge >= 0.3 is 5.97 Å². The normalized spacial score (nSPS) is 61.5. The molecule has 8 atom stereocenters. The highest BCUT2D eigenvalue weighted by atomic mass is 16.6. The van der Waals surface area contributed by atoms with E-state index in [0.29, 0.717) is 24.2 Å². The van der Waals surface area contributed by atoms with Gasteiger partial charge in [0, 0.05) is 11.3 Å². The van der Waals surface area contributed by atoms with Crippen molar-refractivity contribution in [3.63, 3.8) is 0 Å². The van der Waals surface area contributed by atoms with E-state index in [1.807, 2.05) is 0 Å². The van der Waals surface area contributed by atoms with Crippen LogP contribution in [-0.4, -0.2) is 35.5 Å². The summed E-state index contributed by atoms with van der Waals surface area (Å²) < 4.78 is 11.1. The maximum atomic E-state index is 11.5. The number of esters is 1. The van der Waals surface area contributed by atoms with Crippen molar-refractivity contribution in [1.29, 1.82) is 0 Å². The Kier molecular flexibility index (Phi) is 2.05. The second-order valence-electron chi connectivity index (χ2n) is 6.95. The predicted octanol–water partition coefficient (Wildman–Crippen LogP) is 1.11. The van der Waals surface area contributed by atoms with Crippen molar-refractivity contribution in [2.75, 3.05) is 0 Å². The van der Waals surface area contributed by atoms with E-state index in [4.69, 9.17) is 9.47 Å². The molecule has 2 saturated heterocycles. The molecule has 0 aromatic heterocycles. The van der Waals surface area contributed by atoms with Crippen molar-refractivity contribution in [2.45, 2.75) is 57.5 Å². The molecule has 0 aromatic carbocycles. The first-order valence-electron chi connectivity index (χ1n) is 7.04. The van der Waals surface area contributed by atoms with Gasteiger partial charge in [0.15, 0.2) is 0 Å². The molecule has 0 unspecified atom stereocenters. The van der Waals surface area contributed by atoms with Gasteiger partial charge in [-0.05, 0) is 24.7 Å². The summed E-state index contributed by atoms with van der Waals surface area (Å²) in [5, 5.41) is 10.5. The number of aliphatic hydroxyl groups excluding tert-OH is 1. The molecule has 18 heavy (non-hydrogen) atoms. The Morgan fingerprint density at radius 2 is 2.17 bits per heavy atom. The Morgan fingerprint density at radius 3 is 2.94 bits per heavy atom. The summed E-state index contributed by atoms with van der Waals surface area (Å²) in [6, 6.07) is 0. The third-order valence-electron chi connectivity index (χ3n) is 5.82. The maximum Gasteiger partial charge on any atom is 0.306 e. The Labute approximate surface area is 107 Å². The molecular formula is C14H20O4. The lowest BCUT2D eigenvalue weighted by Crippen LogP contribution is -2.40. The maximum absolute atomic E-state index is 11.5. The zero-order valence-corrected chi connectivity index (χ0v) is 10.8. The first-order valence-corrected chi connectivity index (χ1v) is 7.04. The van der Waals surface area contributed by atoms with Gasteiger partial charge in [-0.1, -0.05) is 13.8 Å². The van der Waals surface area contributed by atoms with Crippen LogP contribution >= 0.6 is 0 Å². The standard InChI is InChI=1S/C14H20O4/c1-6-3-8-7(4-9(15)17-8)5-14(2)10(6)11-12(18-11)13(14)16/h6-8,10-13,16H,3-5H2,1-2H3/t6-,7+,8+,10-,11-,12-,13+,14+/m1/s1. The number of rotatable bonds is 0. The minimum absolute atomic E-state index is 0.0528. The summed E-state index contributed by atoms with van der Waals surface area (Å²) in [6.07, 6.45) is 2.35. The van der Waals surface area contributed by atoms with Crippen LogP contribution in [0, 0.1) is 23.2 Å². The highest BCUT2D eigenvalue weighted by Gasteiger charge is 2.69. The lowest BCUT2D eigenvalue weighted by atomic mass is 9.69. The van der Waals surface area contributed by atoms with Gasteiger partial charge in [-0.15, -0.1) is 0 Å². The number of carbonyl (C=O) groups excluding carboxylic acids is 1. The Morgan fingerprint density at radius 1 is 1.39 bits per heavy atom. The third kappa shape index (κ3) is 1.26. The molecule has 2 aliphatic heterocycles. The lowest BCUT2D eigenvalue weighted by molar-refractivity contribution is -0.142. The molecule has 0 spiro atoms. The van der Waals surface area contributed by atoms with Crippen LogP contribution in [0.15, 0.2) is 0 Å². The fourth-order valence-electron chi connectivity index (χ4n) is 5.04. The summed E-state index contributed by atoms with van der Waals surface area (Å²) in [4.78, 5) is 11.5. The second kappa shape index (κ2) is 3.28. The first-order chi connectivity index (χ1) is 8.50. The molecule has 0 amide bonds. The fraction of sp³-hybridized carbons (Fsp3) is 0.929. The van der Waals surface area contributed by atoms with E-state index in [1.165, 1.54) is 0 Å². The van der Waals surface area contributed by atoms with Crippen LogP contribution in [-0.2, 0) is 14.3 Å². The van der Waals surface area contributed by atoms with Gasteiger partial charge in [0.1, 0.15) is 12.2 Å². The Hall–Kier alpha value is -0.610. The average Bonchev–Trinajstić information content (AvgIpc) is 2.94. The number of epoxide rings is 1. The topological polar surface area (TPSA) is 59.1 Å². The largest absolute Gasteiger partial charge is 0.462 e. The quantitative estimate of drug-likeness (QED) is 0.518. The molecule has 0 aromatic rings. The first kappa shape index (κ1) is 11.2. The van der Waals surface area contributed by atoms with E-state index < -0.39 is 0 Å². The van der Waals surface area contributed by atoms with Crippen LogP contribution in [0.3, 0.4) is 0 Å². The van der Waals surface area contributed by atoms with Gasteiger partial charge < -0.3 is 14.6 Å². The minimum Gasteiger partial charge on any atom is -0.462 e. The monoisotopic (exact) mass is 252 g/mol. The van der Waals surface area contributed by atoms with Gasteiger partial charge in [0.05, 0.1) is 18.6 Å². The highest BCUT2D eigenvalue weighted by Crippen LogP contribution is 2.62. The third-order valence-corrected chi connectivity index (χ3v) is 5.82. The van der Waals surface area contributed by atoms with Crippen molar-refractivity contribution in [1.82, 2.24) is 0 Å². The van der Waals surface area contributed by atoms with Gasteiger partial charge in [-0.3, -0.25) is 4.79 Å². The molecular weight excluding hydrogens is 232 g/mol. The van der Waals surface area contributed by atoms with Gasteiger partial charge in [0.2, 0.25) is 0 Å². The molecule has 100 valence electrons. The van der Waals surface area contributed by atoms with Gasteiger partial charge in [-0.25, -0.2) is 0 Å². The zero-order valence-electron chi connectivity index (χ0n) is 10.8. The van der Waals surface area contributed by atoms with Crippen molar-refractivity contribution in [2.24, 2.45) is 23.2 Å². The van der Waals surface area contributed by atoms with Gasteiger partial charge in [-0.2, -0.15) is 0 Å². The molecule has 1 N–H and O–H groups in total.